The number of nitrogens with one attached hydrogen (secondary N) is 1. The molecule has 0 aromatic heterocycles. The van der Waals surface area contributed by atoms with Crippen molar-refractivity contribution >= 4 is 21.8 Å². The Kier molecular flexibility index (Phi) is 5.83. The molecule has 0 spiro atoms. The zero-order chi connectivity index (χ0) is 12.7. The van der Waals surface area contributed by atoms with Gasteiger partial charge in [0.25, 0.3) is 5.91 Å². The van der Waals surface area contributed by atoms with Crippen molar-refractivity contribution in [3.63, 3.8) is 0 Å². The number of aromatic hydroxyl groups is 2. The Balaban J connectivity index is 2.41. The molecule has 0 saturated carbocycles. The van der Waals surface area contributed by atoms with Crippen LogP contribution in [0.25, 0.3) is 0 Å². The summed E-state index contributed by atoms with van der Waals surface area (Å²) in [5.41, 5.74) is 0.267. The second-order valence-electron chi connectivity index (χ2n) is 3.74. The van der Waals surface area contributed by atoms with Crippen LogP contribution in [-0.4, -0.2) is 28.0 Å². The maximum Gasteiger partial charge on any atom is 0.251 e. The van der Waals surface area contributed by atoms with Crippen LogP contribution in [0.4, 0.5) is 0 Å². The summed E-state index contributed by atoms with van der Waals surface area (Å²) >= 11 is 3.34. The maximum absolute atomic E-state index is 11.6. The summed E-state index contributed by atoms with van der Waals surface area (Å²) in [6.07, 6.45) is 3.06. The van der Waals surface area contributed by atoms with E-state index >= 15 is 0 Å². The van der Waals surface area contributed by atoms with Gasteiger partial charge in [0.1, 0.15) is 11.5 Å². The van der Waals surface area contributed by atoms with Crippen molar-refractivity contribution in [2.45, 2.75) is 19.3 Å². The van der Waals surface area contributed by atoms with E-state index in [-0.39, 0.29) is 23.0 Å². The average molecular weight is 302 g/mol. The lowest BCUT2D eigenvalue weighted by atomic mass is 10.2. The summed E-state index contributed by atoms with van der Waals surface area (Å²) in [4.78, 5) is 11.6. The smallest absolute Gasteiger partial charge is 0.251 e. The van der Waals surface area contributed by atoms with Crippen molar-refractivity contribution < 1.29 is 15.0 Å². The van der Waals surface area contributed by atoms with E-state index in [2.05, 4.69) is 21.2 Å². The number of rotatable bonds is 6. The standard InChI is InChI=1S/C12H16BrNO3/c13-4-2-1-3-5-14-12(17)9-6-10(15)8-11(16)7-9/h6-8,15-16H,1-5H2,(H,14,17). The highest BCUT2D eigenvalue weighted by molar-refractivity contribution is 9.09. The maximum atomic E-state index is 11.6. The summed E-state index contributed by atoms with van der Waals surface area (Å²) in [5, 5.41) is 22.2. The molecule has 0 saturated heterocycles. The molecule has 0 unspecified atom stereocenters. The molecule has 0 fully saturated rings. The van der Waals surface area contributed by atoms with Gasteiger partial charge < -0.3 is 15.5 Å². The van der Waals surface area contributed by atoms with E-state index < -0.39 is 0 Å². The van der Waals surface area contributed by atoms with Crippen LogP contribution in [0.2, 0.25) is 0 Å². The number of hydrogen-bond donors (Lipinski definition) is 3. The summed E-state index contributed by atoms with van der Waals surface area (Å²) in [5.74, 6) is -0.515. The topological polar surface area (TPSA) is 69.6 Å². The van der Waals surface area contributed by atoms with Crippen LogP contribution in [0.1, 0.15) is 29.6 Å². The molecule has 1 rings (SSSR count). The normalized spacial score (nSPS) is 10.2. The predicted molar refractivity (Wildman–Crippen MR) is 69.7 cm³/mol. The molecular weight excluding hydrogens is 286 g/mol. The molecule has 4 nitrogen and oxygen atoms in total. The fraction of sp³-hybridized carbons (Fsp3) is 0.417. The van der Waals surface area contributed by atoms with Crippen molar-refractivity contribution in [2.24, 2.45) is 0 Å². The number of hydrogen-bond acceptors (Lipinski definition) is 3. The Morgan fingerprint density at radius 3 is 2.35 bits per heavy atom. The van der Waals surface area contributed by atoms with Crippen LogP contribution in [0, 0.1) is 0 Å². The lowest BCUT2D eigenvalue weighted by Crippen LogP contribution is -2.24. The number of phenols is 2. The fourth-order valence-corrected chi connectivity index (χ4v) is 1.82. The largest absolute Gasteiger partial charge is 0.508 e. The molecule has 1 amide bonds. The lowest BCUT2D eigenvalue weighted by molar-refractivity contribution is 0.0952. The molecule has 0 radical (unpaired) electrons. The van der Waals surface area contributed by atoms with E-state index in [1.165, 1.54) is 18.2 Å². The van der Waals surface area contributed by atoms with E-state index in [0.29, 0.717) is 6.54 Å². The summed E-state index contributed by atoms with van der Waals surface area (Å²) in [7, 11) is 0. The molecule has 0 aliphatic carbocycles. The quantitative estimate of drug-likeness (QED) is 0.558. The Bertz CT molecular complexity index is 362. The Labute approximate surface area is 109 Å². The third-order valence-corrected chi connectivity index (χ3v) is 2.82. The Morgan fingerprint density at radius 1 is 1.12 bits per heavy atom. The first-order valence-corrected chi connectivity index (χ1v) is 6.63. The highest BCUT2D eigenvalue weighted by Gasteiger charge is 2.07. The molecule has 17 heavy (non-hydrogen) atoms. The Hall–Kier alpha value is -1.23. The van der Waals surface area contributed by atoms with Gasteiger partial charge in [-0.1, -0.05) is 22.4 Å². The van der Waals surface area contributed by atoms with Gasteiger partial charge in [-0.05, 0) is 25.0 Å². The first kappa shape index (κ1) is 13.8. The Morgan fingerprint density at radius 2 is 1.76 bits per heavy atom. The molecule has 1 aromatic carbocycles. The van der Waals surface area contributed by atoms with Crippen molar-refractivity contribution in [3.8, 4) is 11.5 Å². The molecular formula is C12H16BrNO3. The molecule has 0 aliphatic heterocycles. The molecule has 0 bridgehead atoms. The number of alkyl halides is 1. The third-order valence-electron chi connectivity index (χ3n) is 2.26. The monoisotopic (exact) mass is 301 g/mol. The molecule has 5 heteroatoms. The van der Waals surface area contributed by atoms with Gasteiger partial charge in [0.05, 0.1) is 0 Å². The van der Waals surface area contributed by atoms with Crippen LogP contribution >= 0.6 is 15.9 Å². The van der Waals surface area contributed by atoms with Gasteiger partial charge in [-0.25, -0.2) is 0 Å². The van der Waals surface area contributed by atoms with Crippen LogP contribution < -0.4 is 5.32 Å². The first-order valence-electron chi connectivity index (χ1n) is 5.50. The van der Waals surface area contributed by atoms with Gasteiger partial charge in [-0.2, -0.15) is 0 Å². The molecule has 0 heterocycles. The van der Waals surface area contributed by atoms with Crippen molar-refractivity contribution in [1.82, 2.24) is 5.32 Å². The molecule has 94 valence electrons. The van der Waals surface area contributed by atoms with E-state index in [1.807, 2.05) is 0 Å². The van der Waals surface area contributed by atoms with Gasteiger partial charge in [0.2, 0.25) is 0 Å². The zero-order valence-electron chi connectivity index (χ0n) is 9.45. The SMILES string of the molecule is O=C(NCCCCCBr)c1cc(O)cc(O)c1. The minimum atomic E-state index is -0.282. The first-order chi connectivity index (χ1) is 8.13. The van der Waals surface area contributed by atoms with Gasteiger partial charge in [0, 0.05) is 23.5 Å². The highest BCUT2D eigenvalue weighted by Crippen LogP contribution is 2.20. The van der Waals surface area contributed by atoms with Gasteiger partial charge in [-0.3, -0.25) is 4.79 Å². The minimum absolute atomic E-state index is 0.116. The van der Waals surface area contributed by atoms with Crippen molar-refractivity contribution in [1.29, 1.82) is 0 Å². The number of halogens is 1. The second kappa shape index (κ2) is 7.17. The molecule has 3 N–H and O–H groups in total. The van der Waals surface area contributed by atoms with Crippen LogP contribution in [0.15, 0.2) is 18.2 Å². The van der Waals surface area contributed by atoms with Gasteiger partial charge >= 0.3 is 0 Å². The molecule has 0 aliphatic rings. The van der Waals surface area contributed by atoms with E-state index in [1.54, 1.807) is 0 Å². The number of carbonyl (C=O) groups is 1. The van der Waals surface area contributed by atoms with E-state index in [0.717, 1.165) is 24.6 Å². The van der Waals surface area contributed by atoms with Crippen LogP contribution in [0.3, 0.4) is 0 Å². The van der Waals surface area contributed by atoms with Crippen molar-refractivity contribution in [3.05, 3.63) is 23.8 Å². The van der Waals surface area contributed by atoms with Gasteiger partial charge in [0.15, 0.2) is 0 Å². The fourth-order valence-electron chi connectivity index (χ4n) is 1.43. The highest BCUT2D eigenvalue weighted by atomic mass is 79.9. The number of unbranched alkanes of at least 4 members (excludes halogenated alkanes) is 2. The summed E-state index contributed by atoms with van der Waals surface area (Å²) < 4.78 is 0. The van der Waals surface area contributed by atoms with E-state index in [4.69, 9.17) is 0 Å². The molecule has 1 aromatic rings. The summed E-state index contributed by atoms with van der Waals surface area (Å²) in [6, 6.07) is 3.84. The average Bonchev–Trinajstić information content (AvgIpc) is 2.27. The van der Waals surface area contributed by atoms with Gasteiger partial charge in [-0.15, -0.1) is 0 Å². The van der Waals surface area contributed by atoms with E-state index in [9.17, 15) is 15.0 Å². The minimum Gasteiger partial charge on any atom is -0.508 e. The second-order valence-corrected chi connectivity index (χ2v) is 4.54. The van der Waals surface area contributed by atoms with Crippen LogP contribution in [0.5, 0.6) is 11.5 Å². The molecule has 0 atom stereocenters. The lowest BCUT2D eigenvalue weighted by Gasteiger charge is -2.05. The summed E-state index contributed by atoms with van der Waals surface area (Å²) in [6.45, 7) is 0.599. The number of benzene rings is 1. The number of amides is 1. The predicted octanol–water partition coefficient (Wildman–Crippen LogP) is 2.39. The zero-order valence-corrected chi connectivity index (χ0v) is 11.0. The van der Waals surface area contributed by atoms with Crippen molar-refractivity contribution in [2.75, 3.05) is 11.9 Å². The number of carbonyl (C=O) groups excluding carboxylic acids is 1. The number of phenolic OH excluding ortho intramolecular Hbond substituents is 2. The third kappa shape index (κ3) is 5.08. The van der Waals surface area contributed by atoms with Crippen LogP contribution in [-0.2, 0) is 0 Å².